The van der Waals surface area contributed by atoms with E-state index >= 15 is 0 Å². The minimum absolute atomic E-state index is 0.0154. The maximum Gasteiger partial charge on any atom is 0.339 e. The number of piperidine rings is 1. The zero-order valence-corrected chi connectivity index (χ0v) is 17.2. The molecule has 1 amide bonds. The zero-order chi connectivity index (χ0) is 21.0. The second-order valence-corrected chi connectivity index (χ2v) is 9.02. The molecule has 1 fully saturated rings. The fraction of sp³-hybridized carbons (Fsp3) is 0.300. The lowest BCUT2D eigenvalue weighted by Crippen LogP contribution is -2.35. The van der Waals surface area contributed by atoms with Crippen molar-refractivity contribution in [1.82, 2.24) is 4.31 Å². The number of hydrogen-bond donors (Lipinski definition) is 1. The molecular formula is C20H21ClN2O5S. The summed E-state index contributed by atoms with van der Waals surface area (Å²) >= 11 is 6.12. The van der Waals surface area contributed by atoms with Crippen LogP contribution < -0.4 is 5.73 Å². The average molecular weight is 437 g/mol. The summed E-state index contributed by atoms with van der Waals surface area (Å²) in [5, 5.41) is 0.0154. The number of carbonyl (C=O) groups is 2. The Labute approximate surface area is 174 Å². The Balaban J connectivity index is 1.88. The number of carbonyl (C=O) groups excluding carboxylic acids is 2. The monoisotopic (exact) mass is 436 g/mol. The Kier molecular flexibility index (Phi) is 6.56. The average Bonchev–Trinajstić information content (AvgIpc) is 2.73. The third-order valence-corrected chi connectivity index (χ3v) is 7.07. The molecule has 0 aromatic heterocycles. The van der Waals surface area contributed by atoms with Crippen molar-refractivity contribution in [3.63, 3.8) is 0 Å². The van der Waals surface area contributed by atoms with Crippen LogP contribution in [0.4, 0.5) is 0 Å². The van der Waals surface area contributed by atoms with Crippen molar-refractivity contribution in [1.29, 1.82) is 0 Å². The topological polar surface area (TPSA) is 107 Å². The first-order chi connectivity index (χ1) is 13.8. The van der Waals surface area contributed by atoms with Gasteiger partial charge in [-0.05, 0) is 31.0 Å². The molecule has 7 nitrogen and oxygen atoms in total. The van der Waals surface area contributed by atoms with Gasteiger partial charge in [-0.1, -0.05) is 48.4 Å². The molecule has 1 aliphatic heterocycles. The van der Waals surface area contributed by atoms with Gasteiger partial charge in [0.25, 0.3) is 5.91 Å². The first kappa shape index (κ1) is 21.3. The van der Waals surface area contributed by atoms with Gasteiger partial charge in [-0.3, -0.25) is 4.79 Å². The number of nitrogens with zero attached hydrogens (tertiary/aromatic N) is 1. The van der Waals surface area contributed by atoms with Gasteiger partial charge >= 0.3 is 5.97 Å². The molecule has 1 aliphatic rings. The van der Waals surface area contributed by atoms with Gasteiger partial charge in [-0.2, -0.15) is 4.31 Å². The van der Waals surface area contributed by atoms with E-state index in [-0.39, 0.29) is 15.5 Å². The summed E-state index contributed by atoms with van der Waals surface area (Å²) < 4.78 is 32.5. The van der Waals surface area contributed by atoms with E-state index in [1.807, 2.05) is 0 Å². The quantitative estimate of drug-likeness (QED) is 0.700. The number of benzene rings is 2. The molecule has 2 aromatic rings. The summed E-state index contributed by atoms with van der Waals surface area (Å²) in [6.45, 7) is 0.816. The molecule has 29 heavy (non-hydrogen) atoms. The van der Waals surface area contributed by atoms with E-state index in [0.29, 0.717) is 18.7 Å². The molecule has 3 rings (SSSR count). The third kappa shape index (κ3) is 4.77. The number of primary amides is 1. The van der Waals surface area contributed by atoms with Crippen LogP contribution in [0, 0.1) is 0 Å². The number of halogens is 1. The predicted molar refractivity (Wildman–Crippen MR) is 108 cm³/mol. The minimum atomic E-state index is -3.84. The molecule has 154 valence electrons. The standard InChI is InChI=1S/C20H21ClN2O5S/c21-16-10-9-15(13-17(16)29(26,27)23-11-5-2-6-12-23)20(25)28-18(19(22)24)14-7-3-1-4-8-14/h1,3-4,7-10,13,18H,2,5-6,11-12H2,(H2,22,24). The summed E-state index contributed by atoms with van der Waals surface area (Å²) in [5.74, 6) is -1.70. The number of nitrogens with two attached hydrogens (primary N) is 1. The Morgan fingerprint density at radius 1 is 1.03 bits per heavy atom. The van der Waals surface area contributed by atoms with Gasteiger partial charge in [0.2, 0.25) is 16.1 Å². The maximum atomic E-state index is 13.0. The lowest BCUT2D eigenvalue weighted by atomic mass is 10.1. The molecule has 9 heteroatoms. The van der Waals surface area contributed by atoms with Crippen LogP contribution in [-0.4, -0.2) is 37.7 Å². The molecule has 2 aromatic carbocycles. The SMILES string of the molecule is NC(=O)C(OC(=O)c1ccc(Cl)c(S(=O)(=O)N2CCCCC2)c1)c1ccccc1. The van der Waals surface area contributed by atoms with E-state index < -0.39 is 28.0 Å². The van der Waals surface area contributed by atoms with E-state index in [0.717, 1.165) is 19.3 Å². The highest BCUT2D eigenvalue weighted by Crippen LogP contribution is 2.29. The van der Waals surface area contributed by atoms with Crippen LogP contribution in [0.5, 0.6) is 0 Å². The molecule has 0 aliphatic carbocycles. The summed E-state index contributed by atoms with van der Waals surface area (Å²) in [4.78, 5) is 24.2. The first-order valence-corrected chi connectivity index (χ1v) is 11.0. The fourth-order valence-electron chi connectivity index (χ4n) is 3.17. The largest absolute Gasteiger partial charge is 0.444 e. The highest BCUT2D eigenvalue weighted by atomic mass is 35.5. The van der Waals surface area contributed by atoms with E-state index in [1.54, 1.807) is 30.3 Å². The van der Waals surface area contributed by atoms with Gasteiger partial charge in [-0.25, -0.2) is 13.2 Å². The highest BCUT2D eigenvalue weighted by Gasteiger charge is 2.30. The summed E-state index contributed by atoms with van der Waals surface area (Å²) in [6.07, 6.45) is 1.23. The van der Waals surface area contributed by atoms with Crippen LogP contribution in [-0.2, 0) is 19.6 Å². The van der Waals surface area contributed by atoms with Crippen molar-refractivity contribution in [2.24, 2.45) is 5.73 Å². The van der Waals surface area contributed by atoms with E-state index in [1.165, 1.54) is 22.5 Å². The number of esters is 1. The first-order valence-electron chi connectivity index (χ1n) is 9.15. The predicted octanol–water partition coefficient (Wildman–Crippen LogP) is 2.90. The van der Waals surface area contributed by atoms with Crippen molar-refractivity contribution in [2.75, 3.05) is 13.1 Å². The third-order valence-electron chi connectivity index (χ3n) is 4.69. The Hall–Kier alpha value is -2.42. The lowest BCUT2D eigenvalue weighted by molar-refractivity contribution is -0.127. The smallest absolute Gasteiger partial charge is 0.339 e. The van der Waals surface area contributed by atoms with Crippen LogP contribution in [0.25, 0.3) is 0 Å². The molecule has 0 saturated carbocycles. The van der Waals surface area contributed by atoms with Crippen LogP contribution in [0.2, 0.25) is 5.02 Å². The van der Waals surface area contributed by atoms with E-state index in [4.69, 9.17) is 22.1 Å². The molecule has 0 spiro atoms. The number of hydrogen-bond acceptors (Lipinski definition) is 5. The Morgan fingerprint density at radius 3 is 2.31 bits per heavy atom. The molecule has 1 atom stereocenters. The van der Waals surface area contributed by atoms with Gasteiger partial charge in [0.15, 0.2) is 0 Å². The van der Waals surface area contributed by atoms with Crippen LogP contribution in [0.1, 0.15) is 41.3 Å². The molecule has 0 radical (unpaired) electrons. The lowest BCUT2D eigenvalue weighted by Gasteiger charge is -2.26. The summed E-state index contributed by atoms with van der Waals surface area (Å²) in [6, 6.07) is 12.2. The number of ether oxygens (including phenoxy) is 1. The van der Waals surface area contributed by atoms with Crippen molar-refractivity contribution in [3.05, 3.63) is 64.7 Å². The second kappa shape index (κ2) is 8.94. The van der Waals surface area contributed by atoms with Crippen molar-refractivity contribution < 1.29 is 22.7 Å². The molecular weight excluding hydrogens is 416 g/mol. The second-order valence-electron chi connectivity index (χ2n) is 6.71. The van der Waals surface area contributed by atoms with Crippen LogP contribution >= 0.6 is 11.6 Å². The molecule has 0 bridgehead atoms. The molecule has 1 saturated heterocycles. The van der Waals surface area contributed by atoms with E-state index in [9.17, 15) is 18.0 Å². The molecule has 2 N–H and O–H groups in total. The number of sulfonamides is 1. The van der Waals surface area contributed by atoms with Crippen LogP contribution in [0.3, 0.4) is 0 Å². The van der Waals surface area contributed by atoms with Gasteiger partial charge in [0.1, 0.15) is 4.90 Å². The van der Waals surface area contributed by atoms with Gasteiger partial charge in [0, 0.05) is 18.7 Å². The summed E-state index contributed by atoms with van der Waals surface area (Å²) in [7, 11) is -3.84. The van der Waals surface area contributed by atoms with Gasteiger partial charge < -0.3 is 10.5 Å². The maximum absolute atomic E-state index is 13.0. The highest BCUT2D eigenvalue weighted by molar-refractivity contribution is 7.89. The van der Waals surface area contributed by atoms with E-state index in [2.05, 4.69) is 0 Å². The van der Waals surface area contributed by atoms with Crippen LogP contribution in [0.15, 0.2) is 53.4 Å². The molecule has 1 heterocycles. The normalized spacial score (nSPS) is 16.2. The van der Waals surface area contributed by atoms with Crippen molar-refractivity contribution in [2.45, 2.75) is 30.3 Å². The summed E-state index contributed by atoms with van der Waals surface area (Å²) in [5.41, 5.74) is 5.76. The number of rotatable bonds is 6. The Morgan fingerprint density at radius 2 is 1.69 bits per heavy atom. The zero-order valence-electron chi connectivity index (χ0n) is 15.6. The van der Waals surface area contributed by atoms with Gasteiger partial charge in [0.05, 0.1) is 10.6 Å². The van der Waals surface area contributed by atoms with Crippen molar-refractivity contribution in [3.8, 4) is 0 Å². The number of amides is 1. The Bertz CT molecular complexity index is 1000. The molecule has 1 unspecified atom stereocenters. The van der Waals surface area contributed by atoms with Gasteiger partial charge in [-0.15, -0.1) is 0 Å². The fourth-order valence-corrected chi connectivity index (χ4v) is 5.18. The van der Waals surface area contributed by atoms with Crippen molar-refractivity contribution >= 4 is 33.5 Å². The minimum Gasteiger partial charge on any atom is -0.444 e.